The molecule has 0 N–H and O–H groups in total. The van der Waals surface area contributed by atoms with E-state index in [1.54, 1.807) is 5.56 Å². The van der Waals surface area contributed by atoms with Crippen molar-refractivity contribution >= 4 is 21.8 Å². The number of fused-ring (bicyclic) bond motifs is 3. The molecule has 0 saturated heterocycles. The normalized spacial score (nSPS) is 16.8. The SMILES string of the molecule is CCn1c2ccccc2c2cccc(C3CCCCC3)c21. The van der Waals surface area contributed by atoms with Crippen molar-refractivity contribution in [1.82, 2.24) is 4.57 Å². The monoisotopic (exact) mass is 277 g/mol. The Kier molecular flexibility index (Phi) is 3.21. The molecule has 0 atom stereocenters. The van der Waals surface area contributed by atoms with Gasteiger partial charge in [0.25, 0.3) is 0 Å². The number of hydrogen-bond donors (Lipinski definition) is 0. The van der Waals surface area contributed by atoms with Crippen LogP contribution in [0.2, 0.25) is 0 Å². The molecule has 1 aliphatic carbocycles. The molecule has 0 bridgehead atoms. The lowest BCUT2D eigenvalue weighted by molar-refractivity contribution is 0.444. The predicted molar refractivity (Wildman–Crippen MR) is 90.9 cm³/mol. The molecule has 108 valence electrons. The van der Waals surface area contributed by atoms with Crippen LogP contribution in [0.4, 0.5) is 0 Å². The lowest BCUT2D eigenvalue weighted by atomic mass is 9.83. The molecule has 0 spiro atoms. The average Bonchev–Trinajstić information content (AvgIpc) is 2.89. The predicted octanol–water partition coefficient (Wildman–Crippen LogP) is 5.86. The maximum absolute atomic E-state index is 2.52. The molecule has 1 saturated carbocycles. The highest BCUT2D eigenvalue weighted by molar-refractivity contribution is 6.09. The van der Waals surface area contributed by atoms with E-state index in [9.17, 15) is 0 Å². The molecule has 4 rings (SSSR count). The fourth-order valence-corrected chi connectivity index (χ4v) is 4.21. The van der Waals surface area contributed by atoms with Crippen LogP contribution >= 0.6 is 0 Å². The zero-order valence-corrected chi connectivity index (χ0v) is 12.8. The van der Waals surface area contributed by atoms with Crippen LogP contribution in [0.1, 0.15) is 50.5 Å². The van der Waals surface area contributed by atoms with Crippen LogP contribution in [0, 0.1) is 0 Å². The summed E-state index contributed by atoms with van der Waals surface area (Å²) in [7, 11) is 0. The summed E-state index contributed by atoms with van der Waals surface area (Å²) in [6, 6.07) is 15.8. The van der Waals surface area contributed by atoms with E-state index in [0.717, 1.165) is 12.5 Å². The summed E-state index contributed by atoms with van der Waals surface area (Å²) in [4.78, 5) is 0. The Labute approximate surface area is 126 Å². The summed E-state index contributed by atoms with van der Waals surface area (Å²) in [6.45, 7) is 3.32. The topological polar surface area (TPSA) is 4.93 Å². The Morgan fingerprint density at radius 1 is 0.905 bits per heavy atom. The Morgan fingerprint density at radius 3 is 2.48 bits per heavy atom. The van der Waals surface area contributed by atoms with Crippen molar-refractivity contribution in [3.05, 3.63) is 48.0 Å². The van der Waals surface area contributed by atoms with E-state index >= 15 is 0 Å². The number of rotatable bonds is 2. The highest BCUT2D eigenvalue weighted by Gasteiger charge is 2.20. The van der Waals surface area contributed by atoms with Gasteiger partial charge >= 0.3 is 0 Å². The van der Waals surface area contributed by atoms with Gasteiger partial charge < -0.3 is 4.57 Å². The van der Waals surface area contributed by atoms with E-state index in [1.165, 1.54) is 53.9 Å². The number of aromatic nitrogens is 1. The lowest BCUT2D eigenvalue weighted by Crippen LogP contribution is -2.07. The van der Waals surface area contributed by atoms with Crippen LogP contribution in [0.3, 0.4) is 0 Å². The molecule has 1 heteroatoms. The van der Waals surface area contributed by atoms with Gasteiger partial charge in [-0.1, -0.05) is 55.7 Å². The van der Waals surface area contributed by atoms with Crippen LogP contribution in [0.15, 0.2) is 42.5 Å². The smallest absolute Gasteiger partial charge is 0.0526 e. The number of benzene rings is 2. The molecule has 1 nitrogen and oxygen atoms in total. The average molecular weight is 277 g/mol. The molecule has 1 fully saturated rings. The third kappa shape index (κ3) is 1.98. The van der Waals surface area contributed by atoms with E-state index in [2.05, 4.69) is 54.0 Å². The summed E-state index contributed by atoms with van der Waals surface area (Å²) in [5, 5.41) is 2.85. The third-order valence-electron chi connectivity index (χ3n) is 5.18. The molecule has 1 aromatic heterocycles. The fraction of sp³-hybridized carbons (Fsp3) is 0.400. The van der Waals surface area contributed by atoms with Crippen molar-refractivity contribution in [1.29, 1.82) is 0 Å². The largest absolute Gasteiger partial charge is 0.341 e. The van der Waals surface area contributed by atoms with Crippen LogP contribution in [-0.2, 0) is 6.54 Å². The van der Waals surface area contributed by atoms with Crippen molar-refractivity contribution in [3.63, 3.8) is 0 Å². The summed E-state index contributed by atoms with van der Waals surface area (Å²) < 4.78 is 2.52. The second-order valence-corrected chi connectivity index (χ2v) is 6.34. The molecule has 3 aromatic rings. The molecule has 0 radical (unpaired) electrons. The van der Waals surface area contributed by atoms with Crippen LogP contribution in [0.5, 0.6) is 0 Å². The summed E-state index contributed by atoms with van der Waals surface area (Å²) >= 11 is 0. The van der Waals surface area contributed by atoms with Gasteiger partial charge in [-0.2, -0.15) is 0 Å². The van der Waals surface area contributed by atoms with Gasteiger partial charge in [0.15, 0.2) is 0 Å². The first-order valence-corrected chi connectivity index (χ1v) is 8.40. The fourth-order valence-electron chi connectivity index (χ4n) is 4.21. The standard InChI is InChI=1S/C20H23N/c1-2-21-19-14-7-6-11-17(19)18-13-8-12-16(20(18)21)15-9-4-3-5-10-15/h6-8,11-15H,2-5,9-10H2,1H3. The van der Waals surface area contributed by atoms with Crippen LogP contribution < -0.4 is 0 Å². The van der Waals surface area contributed by atoms with E-state index in [0.29, 0.717) is 0 Å². The van der Waals surface area contributed by atoms with Gasteiger partial charge in [0, 0.05) is 22.8 Å². The maximum atomic E-state index is 2.52. The van der Waals surface area contributed by atoms with E-state index in [4.69, 9.17) is 0 Å². The molecule has 0 unspecified atom stereocenters. The maximum Gasteiger partial charge on any atom is 0.0526 e. The minimum absolute atomic E-state index is 0.761. The van der Waals surface area contributed by atoms with Gasteiger partial charge in [-0.3, -0.25) is 0 Å². The Balaban J connectivity index is 2.03. The minimum Gasteiger partial charge on any atom is -0.341 e. The van der Waals surface area contributed by atoms with Crippen LogP contribution in [0.25, 0.3) is 21.8 Å². The van der Waals surface area contributed by atoms with Crippen molar-refractivity contribution < 1.29 is 0 Å². The van der Waals surface area contributed by atoms with Gasteiger partial charge in [-0.15, -0.1) is 0 Å². The highest BCUT2D eigenvalue weighted by atomic mass is 15.0. The third-order valence-corrected chi connectivity index (χ3v) is 5.18. The summed E-state index contributed by atoms with van der Waals surface area (Å²) in [5.74, 6) is 0.761. The van der Waals surface area contributed by atoms with E-state index < -0.39 is 0 Å². The van der Waals surface area contributed by atoms with Gasteiger partial charge in [0.1, 0.15) is 0 Å². The van der Waals surface area contributed by atoms with Gasteiger partial charge in [0.05, 0.1) is 5.52 Å². The minimum atomic E-state index is 0.761. The lowest BCUT2D eigenvalue weighted by Gasteiger charge is -2.23. The molecule has 0 aliphatic heterocycles. The summed E-state index contributed by atoms with van der Waals surface area (Å²) in [6.07, 6.45) is 6.94. The highest BCUT2D eigenvalue weighted by Crippen LogP contribution is 2.39. The molecule has 1 heterocycles. The molecule has 1 aliphatic rings. The van der Waals surface area contributed by atoms with Crippen molar-refractivity contribution in [2.24, 2.45) is 0 Å². The number of hydrogen-bond acceptors (Lipinski definition) is 0. The Bertz CT molecular complexity index is 775. The second-order valence-electron chi connectivity index (χ2n) is 6.34. The first kappa shape index (κ1) is 12.9. The summed E-state index contributed by atoms with van der Waals surface area (Å²) in [5.41, 5.74) is 4.47. The molecule has 0 amide bonds. The molecular weight excluding hydrogens is 254 g/mol. The first-order chi connectivity index (χ1) is 10.4. The van der Waals surface area contributed by atoms with Crippen molar-refractivity contribution in [2.45, 2.75) is 51.5 Å². The number of para-hydroxylation sites is 2. The molecule has 2 aromatic carbocycles. The van der Waals surface area contributed by atoms with Gasteiger partial charge in [-0.05, 0) is 37.3 Å². The quantitative estimate of drug-likeness (QED) is 0.552. The van der Waals surface area contributed by atoms with Crippen molar-refractivity contribution in [2.75, 3.05) is 0 Å². The van der Waals surface area contributed by atoms with Gasteiger partial charge in [0.2, 0.25) is 0 Å². The van der Waals surface area contributed by atoms with E-state index in [1.807, 2.05) is 0 Å². The molecule has 21 heavy (non-hydrogen) atoms. The first-order valence-electron chi connectivity index (χ1n) is 8.40. The second kappa shape index (κ2) is 5.22. The zero-order chi connectivity index (χ0) is 14.2. The zero-order valence-electron chi connectivity index (χ0n) is 12.8. The Morgan fingerprint density at radius 2 is 1.67 bits per heavy atom. The number of nitrogens with zero attached hydrogens (tertiary/aromatic N) is 1. The van der Waals surface area contributed by atoms with Crippen LogP contribution in [-0.4, -0.2) is 4.57 Å². The van der Waals surface area contributed by atoms with Gasteiger partial charge in [-0.25, -0.2) is 0 Å². The van der Waals surface area contributed by atoms with Crippen molar-refractivity contribution in [3.8, 4) is 0 Å². The molecular formula is C20H23N. The number of aryl methyl sites for hydroxylation is 1. The Hall–Kier alpha value is -1.76. The van der Waals surface area contributed by atoms with E-state index in [-0.39, 0.29) is 0 Å².